The Morgan fingerprint density at radius 1 is 0.864 bits per heavy atom. The number of hydrogen-bond donors (Lipinski definition) is 3. The van der Waals surface area contributed by atoms with Crippen molar-refractivity contribution in [3.8, 4) is 0 Å². The summed E-state index contributed by atoms with van der Waals surface area (Å²) in [4.78, 5) is 36.4. The average molecular weight is 645 g/mol. The summed E-state index contributed by atoms with van der Waals surface area (Å²) in [6, 6.07) is 12.6. The number of aromatic carboxylic acids is 1. The summed E-state index contributed by atoms with van der Waals surface area (Å²) in [6.45, 7) is 4.22. The van der Waals surface area contributed by atoms with E-state index in [0.717, 1.165) is 47.8 Å². The maximum absolute atomic E-state index is 12.7. The fraction of sp³-hybridized carbons (Fsp3) is 0.500. The third-order valence-electron chi connectivity index (χ3n) is 7.57. The molecule has 7 nitrogen and oxygen atoms in total. The van der Waals surface area contributed by atoms with Crippen LogP contribution in [0.15, 0.2) is 56.6 Å². The van der Waals surface area contributed by atoms with Crippen LogP contribution < -0.4 is 5.43 Å². The molecule has 2 atom stereocenters. The SMILES string of the molecule is CCCCCCCCCc1ccccc1C(Sc1ccc2c(=O)cc(C(=O)O)oc2c1CCC)C(O)CCCC(=O)O.[NaH].[NaH]. The van der Waals surface area contributed by atoms with Crippen LogP contribution in [0, 0.1) is 0 Å². The predicted molar refractivity (Wildman–Crippen MR) is 182 cm³/mol. The molecule has 0 fully saturated rings. The molecule has 0 aliphatic carbocycles. The van der Waals surface area contributed by atoms with Crippen molar-refractivity contribution in [3.05, 3.63) is 75.1 Å². The van der Waals surface area contributed by atoms with Crippen LogP contribution in [0.4, 0.5) is 0 Å². The predicted octanol–water partition coefficient (Wildman–Crippen LogP) is 6.89. The molecule has 0 radical (unpaired) electrons. The number of carboxylic acids is 2. The van der Waals surface area contributed by atoms with Crippen molar-refractivity contribution in [3.63, 3.8) is 0 Å². The molecule has 0 saturated heterocycles. The zero-order valence-corrected chi connectivity index (χ0v) is 25.6. The molecule has 2 aromatic carbocycles. The molecule has 1 aromatic heterocycles. The Labute approximate surface area is 309 Å². The quantitative estimate of drug-likeness (QED) is 0.0732. The molecule has 2 unspecified atom stereocenters. The Morgan fingerprint density at radius 2 is 1.55 bits per heavy atom. The summed E-state index contributed by atoms with van der Waals surface area (Å²) in [6.07, 6.45) is 10.5. The second-order valence-electron chi connectivity index (χ2n) is 10.9. The van der Waals surface area contributed by atoms with Crippen LogP contribution in [0.25, 0.3) is 11.0 Å². The van der Waals surface area contributed by atoms with Gasteiger partial charge in [0.1, 0.15) is 5.58 Å². The van der Waals surface area contributed by atoms with Crippen LogP contribution in [0.1, 0.15) is 117 Å². The third-order valence-corrected chi connectivity index (χ3v) is 9.03. The number of unbranched alkanes of at least 4 members (excludes halogenated alkanes) is 6. The first-order chi connectivity index (χ1) is 20.3. The van der Waals surface area contributed by atoms with Gasteiger partial charge in [0.05, 0.1) is 16.7 Å². The van der Waals surface area contributed by atoms with Crippen molar-refractivity contribution in [2.24, 2.45) is 0 Å². The summed E-state index contributed by atoms with van der Waals surface area (Å²) in [5.74, 6) is -2.60. The van der Waals surface area contributed by atoms with E-state index in [2.05, 4.69) is 13.0 Å². The zero-order valence-electron chi connectivity index (χ0n) is 24.8. The van der Waals surface area contributed by atoms with Gasteiger partial charge in [-0.25, -0.2) is 4.79 Å². The number of aliphatic hydroxyl groups excluding tert-OH is 1. The molecule has 0 spiro atoms. The van der Waals surface area contributed by atoms with Crippen molar-refractivity contribution in [1.29, 1.82) is 0 Å². The van der Waals surface area contributed by atoms with Gasteiger partial charge in [-0.2, -0.15) is 0 Å². The molecule has 44 heavy (non-hydrogen) atoms. The van der Waals surface area contributed by atoms with Crippen molar-refractivity contribution < 1.29 is 29.3 Å². The van der Waals surface area contributed by atoms with Gasteiger partial charge >= 0.3 is 71.1 Å². The van der Waals surface area contributed by atoms with Crippen LogP contribution in [-0.4, -0.2) is 92.5 Å². The molecule has 0 saturated carbocycles. The molecule has 0 aliphatic heterocycles. The first-order valence-corrected chi connectivity index (χ1v) is 16.1. The van der Waals surface area contributed by atoms with Crippen LogP contribution in [-0.2, 0) is 17.6 Å². The van der Waals surface area contributed by atoms with Crippen LogP contribution in [0.5, 0.6) is 0 Å². The maximum atomic E-state index is 12.7. The van der Waals surface area contributed by atoms with E-state index in [1.165, 1.54) is 49.4 Å². The number of fused-ring (bicyclic) bond motifs is 1. The molecule has 3 N–H and O–H groups in total. The molecule has 0 amide bonds. The minimum absolute atomic E-state index is 0. The van der Waals surface area contributed by atoms with Crippen LogP contribution in [0.2, 0.25) is 0 Å². The van der Waals surface area contributed by atoms with Crippen LogP contribution in [0.3, 0.4) is 0 Å². The van der Waals surface area contributed by atoms with Gasteiger partial charge in [-0.3, -0.25) is 9.59 Å². The third kappa shape index (κ3) is 12.3. The number of aliphatic hydroxyl groups is 1. The van der Waals surface area contributed by atoms with Crippen molar-refractivity contribution >= 4 is 93.8 Å². The van der Waals surface area contributed by atoms with E-state index < -0.39 is 29.2 Å². The molecule has 1 heterocycles. The summed E-state index contributed by atoms with van der Waals surface area (Å²) in [5.41, 5.74) is 2.78. The standard InChI is InChI=1S/C34H44O7S.2Na.2H/c1-3-5-6-7-8-9-10-15-23-16-11-12-17-24(23)33(27(35)18-13-19-31(37)38)42-30-21-20-25-28(36)22-29(34(39)40)41-32(25)26(30)14-4-2;;;;/h11-12,16-17,20-22,27,33,35H,3-10,13-15,18-19H2,1-2H3,(H,37,38)(H,39,40);;;;. The molecule has 0 aliphatic rings. The molecule has 232 valence electrons. The Hall–Kier alpha value is -1.10. The summed E-state index contributed by atoms with van der Waals surface area (Å²) < 4.78 is 5.75. The minimum atomic E-state index is -1.31. The van der Waals surface area contributed by atoms with E-state index in [4.69, 9.17) is 9.52 Å². The summed E-state index contributed by atoms with van der Waals surface area (Å²) in [7, 11) is 0. The van der Waals surface area contributed by atoms with Gasteiger partial charge in [0, 0.05) is 22.9 Å². The van der Waals surface area contributed by atoms with Gasteiger partial charge in [0.25, 0.3) is 0 Å². The van der Waals surface area contributed by atoms with Gasteiger partial charge in [-0.15, -0.1) is 11.8 Å². The number of carbonyl (C=O) groups is 2. The van der Waals surface area contributed by atoms with Crippen molar-refractivity contribution in [2.75, 3.05) is 0 Å². The number of thioether (sulfide) groups is 1. The van der Waals surface area contributed by atoms with Gasteiger partial charge < -0.3 is 19.7 Å². The van der Waals surface area contributed by atoms with E-state index in [0.29, 0.717) is 24.6 Å². The number of hydrogen-bond acceptors (Lipinski definition) is 6. The number of benzene rings is 2. The zero-order chi connectivity index (χ0) is 30.5. The molecule has 0 bridgehead atoms. The fourth-order valence-corrected chi connectivity index (χ4v) is 6.78. The molecular weight excluding hydrogens is 598 g/mol. The van der Waals surface area contributed by atoms with Gasteiger partial charge in [-0.1, -0.05) is 83.1 Å². The Kier molecular flexibility index (Phi) is 20.1. The fourth-order valence-electron chi connectivity index (χ4n) is 5.37. The second-order valence-corrected chi connectivity index (χ2v) is 12.1. The Balaban J connectivity index is 0.00000484. The molecule has 3 rings (SSSR count). The Bertz CT molecular complexity index is 1390. The van der Waals surface area contributed by atoms with Crippen molar-refractivity contribution in [2.45, 2.75) is 114 Å². The normalized spacial score (nSPS) is 12.2. The van der Waals surface area contributed by atoms with E-state index >= 15 is 0 Å². The molecular formula is C34H46Na2O7S. The summed E-state index contributed by atoms with van der Waals surface area (Å²) >= 11 is 1.47. The topological polar surface area (TPSA) is 125 Å². The van der Waals surface area contributed by atoms with Gasteiger partial charge in [0.15, 0.2) is 5.43 Å². The first kappa shape index (κ1) is 40.9. The van der Waals surface area contributed by atoms with E-state index in [1.807, 2.05) is 31.2 Å². The Morgan fingerprint density at radius 3 is 2.20 bits per heavy atom. The summed E-state index contributed by atoms with van der Waals surface area (Å²) in [5, 5.41) is 30.1. The van der Waals surface area contributed by atoms with Crippen molar-refractivity contribution in [1.82, 2.24) is 0 Å². The van der Waals surface area contributed by atoms with Gasteiger partial charge in [-0.05, 0) is 55.4 Å². The molecule has 10 heteroatoms. The first-order valence-electron chi connectivity index (χ1n) is 15.2. The average Bonchev–Trinajstić information content (AvgIpc) is 2.96. The van der Waals surface area contributed by atoms with E-state index in [1.54, 1.807) is 6.07 Å². The molecule has 3 aromatic rings. The number of rotatable bonds is 19. The second kappa shape index (κ2) is 21.6. The number of carboxylic acid groups (broad SMARTS) is 2. The monoisotopic (exact) mass is 644 g/mol. The number of aliphatic carboxylic acids is 1. The van der Waals surface area contributed by atoms with E-state index in [9.17, 15) is 24.6 Å². The number of aryl methyl sites for hydroxylation is 2. The van der Waals surface area contributed by atoms with E-state index in [-0.39, 0.29) is 76.4 Å². The van der Waals surface area contributed by atoms with Crippen LogP contribution >= 0.6 is 11.8 Å². The van der Waals surface area contributed by atoms with Gasteiger partial charge in [0.2, 0.25) is 5.76 Å².